The van der Waals surface area contributed by atoms with Gasteiger partial charge in [0.05, 0.1) is 44.9 Å². The van der Waals surface area contributed by atoms with Crippen molar-refractivity contribution in [1.29, 1.82) is 0 Å². The van der Waals surface area contributed by atoms with E-state index in [1.807, 2.05) is 25.1 Å². The zero-order valence-corrected chi connectivity index (χ0v) is 16.1. The first kappa shape index (κ1) is 18.5. The van der Waals surface area contributed by atoms with Gasteiger partial charge in [0.2, 0.25) is 5.91 Å². The van der Waals surface area contributed by atoms with E-state index in [1.165, 1.54) is 15.5 Å². The lowest BCUT2D eigenvalue weighted by Gasteiger charge is -2.35. The number of carbonyl (C=O) groups is 2. The van der Waals surface area contributed by atoms with Gasteiger partial charge in [-0.2, -0.15) is 0 Å². The molecule has 2 fully saturated rings. The summed E-state index contributed by atoms with van der Waals surface area (Å²) in [6, 6.07) is 17.2. The van der Waals surface area contributed by atoms with Gasteiger partial charge in [0.1, 0.15) is 5.75 Å². The van der Waals surface area contributed by atoms with E-state index < -0.39 is 0 Å². The van der Waals surface area contributed by atoms with Gasteiger partial charge in [0.15, 0.2) is 6.04 Å². The van der Waals surface area contributed by atoms with Crippen molar-refractivity contribution < 1.29 is 19.2 Å². The van der Waals surface area contributed by atoms with Crippen molar-refractivity contribution in [2.24, 2.45) is 0 Å². The Labute approximate surface area is 165 Å². The van der Waals surface area contributed by atoms with Crippen molar-refractivity contribution in [3.05, 3.63) is 54.6 Å². The molecule has 2 aromatic rings. The zero-order valence-electron chi connectivity index (χ0n) is 16.1. The third kappa shape index (κ3) is 3.60. The van der Waals surface area contributed by atoms with Crippen LogP contribution >= 0.6 is 0 Å². The molecule has 0 spiro atoms. The molecule has 0 saturated carbocycles. The number of carbonyl (C=O) groups excluding carboxylic acids is 2. The van der Waals surface area contributed by atoms with Crippen LogP contribution in [0.5, 0.6) is 5.75 Å². The molecule has 2 saturated heterocycles. The summed E-state index contributed by atoms with van der Waals surface area (Å²) in [6.45, 7) is 6.00. The number of nitrogens with zero attached hydrogens (tertiary/aromatic N) is 2. The van der Waals surface area contributed by atoms with Crippen LogP contribution in [-0.4, -0.2) is 50.6 Å². The number of para-hydroxylation sites is 1. The Morgan fingerprint density at radius 2 is 1.64 bits per heavy atom. The topological polar surface area (TPSA) is 54.3 Å². The van der Waals surface area contributed by atoms with Crippen LogP contribution < -0.4 is 19.4 Å². The van der Waals surface area contributed by atoms with E-state index in [0.717, 1.165) is 31.9 Å². The van der Waals surface area contributed by atoms with Crippen LogP contribution in [0.4, 0.5) is 11.4 Å². The quantitative estimate of drug-likeness (QED) is 0.790. The van der Waals surface area contributed by atoms with E-state index in [1.54, 1.807) is 24.3 Å². The lowest BCUT2D eigenvalue weighted by Crippen LogP contribution is -3.19. The van der Waals surface area contributed by atoms with Crippen LogP contribution in [0.25, 0.3) is 0 Å². The Bertz CT molecular complexity index is 830. The fraction of sp³-hybridized carbons (Fsp3) is 0.364. The van der Waals surface area contributed by atoms with Crippen molar-refractivity contribution in [2.75, 3.05) is 42.6 Å². The van der Waals surface area contributed by atoms with E-state index in [4.69, 9.17) is 4.74 Å². The normalized spacial score (nSPS) is 20.7. The Morgan fingerprint density at radius 1 is 0.964 bits per heavy atom. The van der Waals surface area contributed by atoms with E-state index in [2.05, 4.69) is 17.0 Å². The molecular weight excluding hydrogens is 354 g/mol. The third-order valence-corrected chi connectivity index (χ3v) is 5.57. The summed E-state index contributed by atoms with van der Waals surface area (Å²) in [7, 11) is 0. The molecule has 0 radical (unpaired) electrons. The highest BCUT2D eigenvalue weighted by atomic mass is 16.5. The van der Waals surface area contributed by atoms with E-state index in [9.17, 15) is 9.59 Å². The minimum Gasteiger partial charge on any atom is -0.494 e. The predicted octanol–water partition coefficient (Wildman–Crippen LogP) is 1.12. The number of rotatable bonds is 5. The molecule has 1 atom stereocenters. The number of imide groups is 1. The fourth-order valence-corrected chi connectivity index (χ4v) is 4.12. The summed E-state index contributed by atoms with van der Waals surface area (Å²) < 4.78 is 5.44. The minimum absolute atomic E-state index is 0.0858. The van der Waals surface area contributed by atoms with Gasteiger partial charge in [-0.1, -0.05) is 18.2 Å². The molecule has 1 N–H and O–H groups in total. The molecular formula is C22H26N3O3+. The molecule has 0 aromatic heterocycles. The van der Waals surface area contributed by atoms with Crippen LogP contribution in [-0.2, 0) is 9.59 Å². The maximum atomic E-state index is 13.0. The molecule has 28 heavy (non-hydrogen) atoms. The Hall–Kier alpha value is -2.86. The first-order chi connectivity index (χ1) is 13.7. The third-order valence-electron chi connectivity index (χ3n) is 5.57. The van der Waals surface area contributed by atoms with Gasteiger partial charge in [-0.05, 0) is 43.3 Å². The number of ether oxygens (including phenoxy) is 1. The number of piperazine rings is 1. The molecule has 6 nitrogen and oxygen atoms in total. The molecule has 0 bridgehead atoms. The van der Waals surface area contributed by atoms with Gasteiger partial charge in [0, 0.05) is 5.69 Å². The van der Waals surface area contributed by atoms with Crippen molar-refractivity contribution in [1.82, 2.24) is 0 Å². The first-order valence-electron chi connectivity index (χ1n) is 9.91. The summed E-state index contributed by atoms with van der Waals surface area (Å²) in [6.07, 6.45) is 0.284. The van der Waals surface area contributed by atoms with Crippen LogP contribution in [0, 0.1) is 0 Å². The molecule has 2 aliphatic rings. The highest BCUT2D eigenvalue weighted by Gasteiger charge is 2.46. The van der Waals surface area contributed by atoms with E-state index >= 15 is 0 Å². The summed E-state index contributed by atoms with van der Waals surface area (Å²) in [5.41, 5.74) is 1.84. The Morgan fingerprint density at radius 3 is 2.29 bits per heavy atom. The highest BCUT2D eigenvalue weighted by Crippen LogP contribution is 2.24. The number of anilines is 2. The van der Waals surface area contributed by atoms with Crippen LogP contribution in [0.15, 0.2) is 54.6 Å². The summed E-state index contributed by atoms with van der Waals surface area (Å²) in [5, 5.41) is 0. The molecule has 146 valence electrons. The van der Waals surface area contributed by atoms with Gasteiger partial charge in [-0.15, -0.1) is 0 Å². The molecule has 0 aliphatic carbocycles. The Balaban J connectivity index is 1.41. The van der Waals surface area contributed by atoms with E-state index in [0.29, 0.717) is 12.3 Å². The Kier molecular flexibility index (Phi) is 5.30. The van der Waals surface area contributed by atoms with Crippen molar-refractivity contribution in [3.63, 3.8) is 0 Å². The first-order valence-corrected chi connectivity index (χ1v) is 9.91. The monoisotopic (exact) mass is 380 g/mol. The summed E-state index contributed by atoms with van der Waals surface area (Å²) in [4.78, 5) is 30.5. The number of quaternary nitrogens is 1. The molecule has 6 heteroatoms. The summed E-state index contributed by atoms with van der Waals surface area (Å²) >= 11 is 0. The highest BCUT2D eigenvalue weighted by molar-refractivity contribution is 6.21. The van der Waals surface area contributed by atoms with Crippen molar-refractivity contribution >= 4 is 23.2 Å². The molecule has 4 rings (SSSR count). The lowest BCUT2D eigenvalue weighted by molar-refractivity contribution is -0.915. The molecule has 2 aliphatic heterocycles. The average molecular weight is 380 g/mol. The number of amides is 2. The molecule has 2 aromatic carbocycles. The van der Waals surface area contributed by atoms with E-state index in [-0.39, 0.29) is 24.3 Å². The van der Waals surface area contributed by atoms with Gasteiger partial charge < -0.3 is 14.5 Å². The smallest absolute Gasteiger partial charge is 0.292 e. The number of nitrogens with one attached hydrogen (secondary N) is 1. The maximum absolute atomic E-state index is 13.0. The second kappa shape index (κ2) is 8.02. The second-order valence-electron chi connectivity index (χ2n) is 7.23. The maximum Gasteiger partial charge on any atom is 0.292 e. The van der Waals surface area contributed by atoms with Gasteiger partial charge in [0.25, 0.3) is 5.91 Å². The number of benzene rings is 2. The van der Waals surface area contributed by atoms with Crippen molar-refractivity contribution in [2.45, 2.75) is 19.4 Å². The van der Waals surface area contributed by atoms with Crippen molar-refractivity contribution in [3.8, 4) is 5.75 Å². The van der Waals surface area contributed by atoms with Crippen LogP contribution in [0.1, 0.15) is 13.3 Å². The molecule has 2 heterocycles. The van der Waals surface area contributed by atoms with Gasteiger partial charge >= 0.3 is 0 Å². The second-order valence-corrected chi connectivity index (χ2v) is 7.23. The standard InChI is InChI=1S/C22H25N3O3/c1-2-28-19-10-8-18(9-11-19)25-21(26)16-20(22(25)27)24-14-12-23(13-15-24)17-6-4-3-5-7-17/h3-11,20H,2,12-16H2,1H3/p+1/t20-/m0/s1. The van der Waals surface area contributed by atoms with Gasteiger partial charge in [-0.3, -0.25) is 9.59 Å². The van der Waals surface area contributed by atoms with Crippen LogP contribution in [0.2, 0.25) is 0 Å². The largest absolute Gasteiger partial charge is 0.494 e. The molecule has 0 unspecified atom stereocenters. The molecule has 2 amide bonds. The lowest BCUT2D eigenvalue weighted by atomic mass is 10.1. The SMILES string of the molecule is CCOc1ccc(N2C(=O)C[C@H]([NH+]3CCN(c4ccccc4)CC3)C2=O)cc1. The predicted molar refractivity (Wildman–Crippen MR) is 108 cm³/mol. The number of hydrogen-bond acceptors (Lipinski definition) is 4. The summed E-state index contributed by atoms with van der Waals surface area (Å²) in [5.74, 6) is 0.541. The zero-order chi connectivity index (χ0) is 19.5. The minimum atomic E-state index is -0.281. The number of hydrogen-bond donors (Lipinski definition) is 1. The average Bonchev–Trinajstić information content (AvgIpc) is 3.04. The van der Waals surface area contributed by atoms with Crippen LogP contribution in [0.3, 0.4) is 0 Å². The fourth-order valence-electron chi connectivity index (χ4n) is 4.12. The van der Waals surface area contributed by atoms with Gasteiger partial charge in [-0.25, -0.2) is 4.90 Å².